The van der Waals surface area contributed by atoms with Crippen molar-refractivity contribution >= 4 is 45.7 Å². The van der Waals surface area contributed by atoms with Crippen molar-refractivity contribution in [2.45, 2.75) is 24.5 Å². The van der Waals surface area contributed by atoms with Crippen LogP contribution in [0, 0.1) is 13.8 Å². The zero-order valence-corrected chi connectivity index (χ0v) is 18.5. The van der Waals surface area contributed by atoms with Gasteiger partial charge in [-0.2, -0.15) is 0 Å². The van der Waals surface area contributed by atoms with E-state index < -0.39 is 6.36 Å². The lowest BCUT2D eigenvalue weighted by atomic mass is 10.1. The summed E-state index contributed by atoms with van der Waals surface area (Å²) in [6, 6.07) is 10.2. The number of amides is 2. The van der Waals surface area contributed by atoms with Gasteiger partial charge in [0.15, 0.2) is 4.34 Å². The number of ether oxygens (including phenoxy) is 1. The molecule has 12 heteroatoms. The standard InChI is InChI=1S/C20H17F3N4O3S2/c1-11-3-4-13(9-12(11)2)17(29)25-18-26-27-19(32-18)31-10-16(28)24-14-5-7-15(8-6-14)30-20(21,22)23/h3-9H,10H2,1-2H3,(H,24,28)(H,25,26,29). The Bertz CT molecular complexity index is 1120. The van der Waals surface area contributed by atoms with Gasteiger partial charge in [0.05, 0.1) is 5.75 Å². The van der Waals surface area contributed by atoms with E-state index in [-0.39, 0.29) is 23.3 Å². The number of halogens is 3. The summed E-state index contributed by atoms with van der Waals surface area (Å²) in [5.41, 5.74) is 2.91. The fourth-order valence-electron chi connectivity index (χ4n) is 2.43. The Morgan fingerprint density at radius 1 is 1.03 bits per heavy atom. The van der Waals surface area contributed by atoms with Crippen LogP contribution in [0.4, 0.5) is 24.0 Å². The van der Waals surface area contributed by atoms with Crippen LogP contribution in [0.2, 0.25) is 0 Å². The van der Waals surface area contributed by atoms with Gasteiger partial charge in [0.25, 0.3) is 5.91 Å². The average Bonchev–Trinajstić information content (AvgIpc) is 3.16. The quantitative estimate of drug-likeness (QED) is 0.362. The van der Waals surface area contributed by atoms with Crippen molar-refractivity contribution in [2.24, 2.45) is 0 Å². The number of benzene rings is 2. The number of rotatable bonds is 7. The molecule has 0 saturated heterocycles. The molecular weight excluding hydrogens is 465 g/mol. The fourth-order valence-corrected chi connectivity index (χ4v) is 3.98. The minimum Gasteiger partial charge on any atom is -0.406 e. The minimum absolute atomic E-state index is 0.000535. The van der Waals surface area contributed by atoms with Crippen LogP contribution in [-0.2, 0) is 4.79 Å². The van der Waals surface area contributed by atoms with E-state index in [1.165, 1.54) is 12.1 Å². The van der Waals surface area contributed by atoms with Gasteiger partial charge in [0.2, 0.25) is 11.0 Å². The third-order valence-corrected chi connectivity index (χ3v) is 6.07. The van der Waals surface area contributed by atoms with Crippen molar-refractivity contribution in [2.75, 3.05) is 16.4 Å². The molecule has 0 atom stereocenters. The number of aromatic nitrogens is 2. The van der Waals surface area contributed by atoms with Gasteiger partial charge >= 0.3 is 6.36 Å². The summed E-state index contributed by atoms with van der Waals surface area (Å²) in [5.74, 6) is -1.07. The van der Waals surface area contributed by atoms with Crippen LogP contribution in [0.3, 0.4) is 0 Å². The number of nitrogens with one attached hydrogen (secondary N) is 2. The van der Waals surface area contributed by atoms with Crippen molar-refractivity contribution in [3.8, 4) is 5.75 Å². The summed E-state index contributed by atoms with van der Waals surface area (Å²) < 4.78 is 40.8. The normalized spacial score (nSPS) is 11.2. The molecule has 32 heavy (non-hydrogen) atoms. The molecule has 0 radical (unpaired) electrons. The number of alkyl halides is 3. The van der Waals surface area contributed by atoms with Gasteiger partial charge in [-0.05, 0) is 61.4 Å². The molecule has 7 nitrogen and oxygen atoms in total. The second-order valence-corrected chi connectivity index (χ2v) is 8.74. The Kier molecular flexibility index (Phi) is 7.36. The first-order chi connectivity index (χ1) is 15.1. The molecule has 0 aliphatic rings. The number of anilines is 2. The summed E-state index contributed by atoms with van der Waals surface area (Å²) in [5, 5.41) is 13.4. The van der Waals surface area contributed by atoms with E-state index in [4.69, 9.17) is 0 Å². The van der Waals surface area contributed by atoms with Crippen LogP contribution in [-0.4, -0.2) is 34.1 Å². The second-order valence-electron chi connectivity index (χ2n) is 6.54. The van der Waals surface area contributed by atoms with Crippen LogP contribution >= 0.6 is 23.1 Å². The molecule has 2 amide bonds. The maximum Gasteiger partial charge on any atom is 0.573 e. The van der Waals surface area contributed by atoms with Crippen LogP contribution in [0.5, 0.6) is 5.75 Å². The third kappa shape index (κ3) is 6.95. The average molecular weight is 483 g/mol. The molecule has 168 valence electrons. The number of carbonyl (C=O) groups is 2. The minimum atomic E-state index is -4.78. The van der Waals surface area contributed by atoms with Crippen molar-refractivity contribution in [1.82, 2.24) is 10.2 Å². The SMILES string of the molecule is Cc1ccc(C(=O)Nc2nnc(SCC(=O)Nc3ccc(OC(F)(F)F)cc3)s2)cc1C. The molecule has 1 heterocycles. The van der Waals surface area contributed by atoms with Gasteiger partial charge < -0.3 is 10.1 Å². The lowest BCUT2D eigenvalue weighted by molar-refractivity contribution is -0.274. The van der Waals surface area contributed by atoms with E-state index in [1.807, 2.05) is 19.9 Å². The largest absolute Gasteiger partial charge is 0.573 e. The topological polar surface area (TPSA) is 93.2 Å². The molecule has 1 aromatic heterocycles. The van der Waals surface area contributed by atoms with E-state index in [9.17, 15) is 22.8 Å². The molecule has 2 aromatic carbocycles. The molecular formula is C20H17F3N4O3S2. The maximum absolute atomic E-state index is 12.3. The van der Waals surface area contributed by atoms with Crippen molar-refractivity contribution in [3.63, 3.8) is 0 Å². The van der Waals surface area contributed by atoms with Crippen molar-refractivity contribution in [3.05, 3.63) is 59.2 Å². The first-order valence-corrected chi connectivity index (χ1v) is 10.9. The van der Waals surface area contributed by atoms with E-state index in [0.717, 1.165) is 46.4 Å². The molecule has 3 rings (SSSR count). The van der Waals surface area contributed by atoms with E-state index >= 15 is 0 Å². The van der Waals surface area contributed by atoms with E-state index in [1.54, 1.807) is 12.1 Å². The number of hydrogen-bond donors (Lipinski definition) is 2. The van der Waals surface area contributed by atoms with E-state index in [0.29, 0.717) is 20.7 Å². The summed E-state index contributed by atoms with van der Waals surface area (Å²) in [7, 11) is 0. The van der Waals surface area contributed by atoms with Gasteiger partial charge in [-0.15, -0.1) is 23.4 Å². The molecule has 0 saturated carbocycles. The Morgan fingerprint density at radius 3 is 2.41 bits per heavy atom. The second kappa shape index (κ2) is 10.0. The predicted octanol–water partition coefficient (Wildman–Crippen LogP) is 5.04. The molecule has 2 N–H and O–H groups in total. The monoisotopic (exact) mass is 482 g/mol. The van der Waals surface area contributed by atoms with Crippen molar-refractivity contribution in [1.29, 1.82) is 0 Å². The van der Waals surface area contributed by atoms with Gasteiger partial charge in [0, 0.05) is 11.3 Å². The lowest BCUT2D eigenvalue weighted by Gasteiger charge is -2.09. The summed E-state index contributed by atoms with van der Waals surface area (Å²) in [6.07, 6.45) is -4.78. The highest BCUT2D eigenvalue weighted by atomic mass is 32.2. The number of nitrogens with zero attached hydrogens (tertiary/aromatic N) is 2. The number of carbonyl (C=O) groups excluding carboxylic acids is 2. The van der Waals surface area contributed by atoms with Crippen LogP contribution < -0.4 is 15.4 Å². The number of hydrogen-bond acceptors (Lipinski definition) is 7. The maximum atomic E-state index is 12.3. The fraction of sp³-hybridized carbons (Fsp3) is 0.200. The zero-order valence-electron chi connectivity index (χ0n) is 16.8. The molecule has 3 aromatic rings. The van der Waals surface area contributed by atoms with Gasteiger partial charge in [-0.1, -0.05) is 29.2 Å². The zero-order chi connectivity index (χ0) is 23.3. The first kappa shape index (κ1) is 23.5. The summed E-state index contributed by atoms with van der Waals surface area (Å²) >= 11 is 2.24. The van der Waals surface area contributed by atoms with Crippen LogP contribution in [0.15, 0.2) is 46.8 Å². The highest BCUT2D eigenvalue weighted by molar-refractivity contribution is 8.01. The Morgan fingerprint density at radius 2 is 1.75 bits per heavy atom. The molecule has 0 fully saturated rings. The van der Waals surface area contributed by atoms with Crippen molar-refractivity contribution < 1.29 is 27.5 Å². The Hall–Kier alpha value is -3.12. The number of aryl methyl sites for hydroxylation is 2. The predicted molar refractivity (Wildman–Crippen MR) is 116 cm³/mol. The Balaban J connectivity index is 1.48. The lowest BCUT2D eigenvalue weighted by Crippen LogP contribution is -2.17. The van der Waals surface area contributed by atoms with Gasteiger partial charge in [-0.3, -0.25) is 14.9 Å². The Labute approximate surface area is 189 Å². The smallest absolute Gasteiger partial charge is 0.406 e. The van der Waals surface area contributed by atoms with Crippen LogP contribution in [0.1, 0.15) is 21.5 Å². The highest BCUT2D eigenvalue weighted by Crippen LogP contribution is 2.27. The molecule has 0 aliphatic carbocycles. The molecule has 0 aliphatic heterocycles. The first-order valence-electron chi connectivity index (χ1n) is 9.09. The molecule has 0 spiro atoms. The third-order valence-electron chi connectivity index (χ3n) is 4.09. The summed E-state index contributed by atoms with van der Waals surface area (Å²) in [6.45, 7) is 3.88. The molecule has 0 unspecified atom stereocenters. The van der Waals surface area contributed by atoms with Gasteiger partial charge in [0.1, 0.15) is 5.75 Å². The van der Waals surface area contributed by atoms with Gasteiger partial charge in [-0.25, -0.2) is 0 Å². The summed E-state index contributed by atoms with van der Waals surface area (Å²) in [4.78, 5) is 24.4. The van der Waals surface area contributed by atoms with Crippen LogP contribution in [0.25, 0.3) is 0 Å². The molecule has 0 bridgehead atoms. The number of thioether (sulfide) groups is 1. The van der Waals surface area contributed by atoms with E-state index in [2.05, 4.69) is 25.6 Å². The highest BCUT2D eigenvalue weighted by Gasteiger charge is 2.31.